The number of para-hydroxylation sites is 1. The molecule has 1 aliphatic rings. The van der Waals surface area contributed by atoms with Gasteiger partial charge in [-0.2, -0.15) is 0 Å². The predicted octanol–water partition coefficient (Wildman–Crippen LogP) is 6.34. The molecule has 22 heavy (non-hydrogen) atoms. The fourth-order valence-corrected chi connectivity index (χ4v) is 1.99. The van der Waals surface area contributed by atoms with Crippen LogP contribution in [0.3, 0.4) is 0 Å². The van der Waals surface area contributed by atoms with Gasteiger partial charge in [0.25, 0.3) is 0 Å². The zero-order valence-electron chi connectivity index (χ0n) is 16.7. The number of nitrogens with zero attached hydrogens (tertiary/aromatic N) is 1. The zero-order valence-corrected chi connectivity index (χ0v) is 16.7. The molecule has 0 fully saturated rings. The van der Waals surface area contributed by atoms with Gasteiger partial charge < -0.3 is 4.90 Å². The maximum atomic E-state index is 11.8. The Balaban J connectivity index is -0.000000394. The first kappa shape index (κ1) is 25.6. The monoisotopic (exact) mass is 309 g/mol. The number of carbonyl (C=O) groups excluding carboxylic acids is 1. The second-order valence-corrected chi connectivity index (χ2v) is 3.97. The van der Waals surface area contributed by atoms with E-state index in [0.29, 0.717) is 0 Å². The number of hydrogen-bond acceptors (Lipinski definition) is 1. The van der Waals surface area contributed by atoms with Crippen LogP contribution >= 0.6 is 0 Å². The van der Waals surface area contributed by atoms with Crippen LogP contribution in [0.25, 0.3) is 0 Å². The summed E-state index contributed by atoms with van der Waals surface area (Å²) >= 11 is 0. The summed E-state index contributed by atoms with van der Waals surface area (Å²) in [5, 5.41) is 0. The number of benzene rings is 1. The van der Waals surface area contributed by atoms with Crippen molar-refractivity contribution in [1.29, 1.82) is 0 Å². The van der Waals surface area contributed by atoms with E-state index in [1.165, 1.54) is 5.56 Å². The molecule has 0 radical (unpaired) electrons. The third-order valence-corrected chi connectivity index (χ3v) is 2.95. The highest BCUT2D eigenvalue weighted by molar-refractivity contribution is 5.95. The molecule has 0 N–H and O–H groups in total. The van der Waals surface area contributed by atoms with Crippen molar-refractivity contribution >= 4 is 11.6 Å². The van der Waals surface area contributed by atoms with Crippen LogP contribution in [0.5, 0.6) is 0 Å². The van der Waals surface area contributed by atoms with Crippen LogP contribution in [0.4, 0.5) is 5.69 Å². The van der Waals surface area contributed by atoms with Crippen molar-refractivity contribution in [3.8, 4) is 0 Å². The van der Waals surface area contributed by atoms with Gasteiger partial charge in [-0.3, -0.25) is 4.79 Å². The molecule has 2 nitrogen and oxygen atoms in total. The summed E-state index contributed by atoms with van der Waals surface area (Å²) in [5.41, 5.74) is 2.36. The second kappa shape index (κ2) is 17.7. The van der Waals surface area contributed by atoms with E-state index in [4.69, 9.17) is 0 Å². The standard InChI is InChI=1S/C12H15NO.4C2H6/c1-9-7-8-10-5-3-4-6-11(10)13(2)12(9)14;4*1-2/h3-6,9H,7-8H2,1-2H3;4*1-2H3. The Morgan fingerprint density at radius 1 is 0.909 bits per heavy atom. The van der Waals surface area contributed by atoms with Crippen LogP contribution in [0.15, 0.2) is 24.3 Å². The van der Waals surface area contributed by atoms with Crippen molar-refractivity contribution < 1.29 is 4.79 Å². The number of carbonyl (C=O) groups is 1. The first-order valence-corrected chi connectivity index (χ1v) is 9.05. The van der Waals surface area contributed by atoms with E-state index in [1.54, 1.807) is 4.90 Å². The molecule has 1 unspecified atom stereocenters. The van der Waals surface area contributed by atoms with Gasteiger partial charge in [0.1, 0.15) is 0 Å². The van der Waals surface area contributed by atoms with Crippen molar-refractivity contribution in [3.05, 3.63) is 29.8 Å². The minimum absolute atomic E-state index is 0.146. The number of rotatable bonds is 0. The van der Waals surface area contributed by atoms with Crippen LogP contribution < -0.4 is 4.90 Å². The molecule has 0 saturated carbocycles. The van der Waals surface area contributed by atoms with Gasteiger partial charge in [0, 0.05) is 18.7 Å². The molecule has 1 aliphatic heterocycles. The average Bonchev–Trinajstić information content (AvgIpc) is 2.75. The lowest BCUT2D eigenvalue weighted by Crippen LogP contribution is -2.30. The third-order valence-electron chi connectivity index (χ3n) is 2.95. The molecule has 1 aromatic rings. The van der Waals surface area contributed by atoms with Gasteiger partial charge in [0.15, 0.2) is 0 Å². The summed E-state index contributed by atoms with van der Waals surface area (Å²) in [6, 6.07) is 8.15. The Morgan fingerprint density at radius 3 is 1.86 bits per heavy atom. The topological polar surface area (TPSA) is 20.3 Å². The van der Waals surface area contributed by atoms with Crippen molar-refractivity contribution in [2.45, 2.75) is 75.2 Å². The zero-order chi connectivity index (χ0) is 18.1. The highest BCUT2D eigenvalue weighted by Crippen LogP contribution is 2.27. The van der Waals surface area contributed by atoms with E-state index in [-0.39, 0.29) is 11.8 Å². The molecular formula is C20H39NO. The summed E-state index contributed by atoms with van der Waals surface area (Å²) < 4.78 is 0. The second-order valence-electron chi connectivity index (χ2n) is 3.97. The number of hydrogen-bond donors (Lipinski definition) is 0. The molecule has 2 heteroatoms. The Labute approximate surface area is 139 Å². The highest BCUT2D eigenvalue weighted by Gasteiger charge is 2.23. The summed E-state index contributed by atoms with van der Waals surface area (Å²) in [6.45, 7) is 18.0. The molecule has 1 atom stereocenters. The molecule has 1 amide bonds. The molecule has 2 rings (SSSR count). The first-order valence-electron chi connectivity index (χ1n) is 9.05. The van der Waals surface area contributed by atoms with Gasteiger partial charge in [0.05, 0.1) is 0 Å². The first-order chi connectivity index (χ1) is 10.7. The molecule has 130 valence electrons. The number of amides is 1. The molecular weight excluding hydrogens is 270 g/mol. The van der Waals surface area contributed by atoms with Gasteiger partial charge >= 0.3 is 0 Å². The van der Waals surface area contributed by atoms with E-state index in [1.807, 2.05) is 87.6 Å². The lowest BCUT2D eigenvalue weighted by Gasteiger charge is -2.19. The fraction of sp³-hybridized carbons (Fsp3) is 0.650. The lowest BCUT2D eigenvalue weighted by atomic mass is 10.0. The number of aryl methyl sites for hydroxylation is 1. The minimum Gasteiger partial charge on any atom is -0.315 e. The Bertz CT molecular complexity index is 360. The van der Waals surface area contributed by atoms with Crippen LogP contribution in [0, 0.1) is 5.92 Å². The van der Waals surface area contributed by atoms with Crippen LogP contribution in [0.1, 0.15) is 74.3 Å². The maximum Gasteiger partial charge on any atom is 0.229 e. The molecule has 0 aliphatic carbocycles. The molecule has 0 bridgehead atoms. The van der Waals surface area contributed by atoms with Crippen molar-refractivity contribution in [1.82, 2.24) is 0 Å². The highest BCUT2D eigenvalue weighted by atomic mass is 16.2. The van der Waals surface area contributed by atoms with Crippen LogP contribution in [-0.2, 0) is 11.2 Å². The van der Waals surface area contributed by atoms with Crippen LogP contribution in [0.2, 0.25) is 0 Å². The smallest absolute Gasteiger partial charge is 0.229 e. The molecule has 1 heterocycles. The Kier molecular flexibility index (Phi) is 20.7. The van der Waals surface area contributed by atoms with Gasteiger partial charge in [-0.25, -0.2) is 0 Å². The van der Waals surface area contributed by atoms with E-state index in [0.717, 1.165) is 18.5 Å². The molecule has 1 aromatic carbocycles. The summed E-state index contributed by atoms with van der Waals surface area (Å²) in [6.07, 6.45) is 1.97. The van der Waals surface area contributed by atoms with E-state index in [9.17, 15) is 4.79 Å². The minimum atomic E-state index is 0.146. The normalized spacial score (nSPS) is 14.9. The van der Waals surface area contributed by atoms with E-state index >= 15 is 0 Å². The number of anilines is 1. The lowest BCUT2D eigenvalue weighted by molar-refractivity contribution is -0.121. The molecule has 0 spiro atoms. The fourth-order valence-electron chi connectivity index (χ4n) is 1.99. The van der Waals surface area contributed by atoms with E-state index in [2.05, 4.69) is 6.07 Å². The van der Waals surface area contributed by atoms with E-state index < -0.39 is 0 Å². The maximum absolute atomic E-state index is 11.8. The van der Waals surface area contributed by atoms with Crippen molar-refractivity contribution in [2.24, 2.45) is 5.92 Å². The molecule has 0 aromatic heterocycles. The van der Waals surface area contributed by atoms with Gasteiger partial charge in [-0.05, 0) is 24.5 Å². The summed E-state index contributed by atoms with van der Waals surface area (Å²) in [7, 11) is 1.86. The van der Waals surface area contributed by atoms with Crippen molar-refractivity contribution in [3.63, 3.8) is 0 Å². The summed E-state index contributed by atoms with van der Waals surface area (Å²) in [5.74, 6) is 0.377. The average molecular weight is 310 g/mol. The number of fused-ring (bicyclic) bond motifs is 1. The third kappa shape index (κ3) is 8.21. The quantitative estimate of drug-likeness (QED) is 0.548. The predicted molar refractivity (Wildman–Crippen MR) is 103 cm³/mol. The van der Waals surface area contributed by atoms with Gasteiger partial charge in [-0.15, -0.1) is 0 Å². The summed E-state index contributed by atoms with van der Waals surface area (Å²) in [4.78, 5) is 13.6. The van der Waals surface area contributed by atoms with Gasteiger partial charge in [0.2, 0.25) is 5.91 Å². The largest absolute Gasteiger partial charge is 0.315 e. The Morgan fingerprint density at radius 2 is 1.36 bits per heavy atom. The Hall–Kier alpha value is -1.31. The van der Waals surface area contributed by atoms with Crippen LogP contribution in [-0.4, -0.2) is 13.0 Å². The van der Waals surface area contributed by atoms with Gasteiger partial charge in [-0.1, -0.05) is 80.5 Å². The SMILES string of the molecule is CC.CC.CC.CC.CC1CCc2ccccc2N(C)C1=O. The van der Waals surface area contributed by atoms with Crippen molar-refractivity contribution in [2.75, 3.05) is 11.9 Å². The molecule has 0 saturated heterocycles.